The summed E-state index contributed by atoms with van der Waals surface area (Å²) >= 11 is 5.96. The second-order valence-electron chi connectivity index (χ2n) is 4.19. The summed E-state index contributed by atoms with van der Waals surface area (Å²) in [6.45, 7) is 2.79. The van der Waals surface area contributed by atoms with Crippen LogP contribution in [-0.2, 0) is 0 Å². The van der Waals surface area contributed by atoms with E-state index in [1.54, 1.807) is 0 Å². The number of halogens is 1. The molecule has 2 aromatic rings. The Morgan fingerprint density at radius 2 is 2.12 bits per heavy atom. The molecule has 1 aromatic carbocycles. The van der Waals surface area contributed by atoms with Gasteiger partial charge in [0.05, 0.1) is 0 Å². The summed E-state index contributed by atoms with van der Waals surface area (Å²) < 4.78 is 5.82. The zero-order valence-electron chi connectivity index (χ0n) is 9.82. The molecule has 2 nitrogen and oxygen atoms in total. The molecule has 2 N–H and O–H groups in total. The third-order valence-corrected chi connectivity index (χ3v) is 3.06. The molecule has 1 atom stereocenters. The van der Waals surface area contributed by atoms with E-state index >= 15 is 0 Å². The lowest BCUT2D eigenvalue weighted by atomic mass is 10.1. The highest BCUT2D eigenvalue weighted by atomic mass is 35.5. The lowest BCUT2D eigenvalue weighted by Crippen LogP contribution is -2.03. The van der Waals surface area contributed by atoms with Gasteiger partial charge in [-0.2, -0.15) is 0 Å². The Kier molecular flexibility index (Phi) is 3.87. The Morgan fingerprint density at radius 3 is 2.82 bits per heavy atom. The van der Waals surface area contributed by atoms with Crippen molar-refractivity contribution in [2.24, 2.45) is 5.73 Å². The van der Waals surface area contributed by atoms with Crippen molar-refractivity contribution in [2.75, 3.05) is 6.54 Å². The molecule has 0 fully saturated rings. The number of nitrogens with two attached hydrogens (primary N) is 1. The first-order valence-corrected chi connectivity index (χ1v) is 6.14. The summed E-state index contributed by atoms with van der Waals surface area (Å²) in [6.07, 6.45) is 0.933. The van der Waals surface area contributed by atoms with Gasteiger partial charge in [-0.15, -0.1) is 0 Å². The first-order valence-electron chi connectivity index (χ1n) is 5.76. The SMILES string of the molecule is CC(CCN)c1ccc(-c2cccc(Cl)c2)o1. The minimum Gasteiger partial charge on any atom is -0.461 e. The van der Waals surface area contributed by atoms with E-state index in [1.807, 2.05) is 36.4 Å². The molecule has 0 radical (unpaired) electrons. The van der Waals surface area contributed by atoms with Crippen molar-refractivity contribution in [3.63, 3.8) is 0 Å². The Morgan fingerprint density at radius 1 is 1.29 bits per heavy atom. The highest BCUT2D eigenvalue weighted by Crippen LogP contribution is 2.28. The van der Waals surface area contributed by atoms with Crippen LogP contribution in [0.25, 0.3) is 11.3 Å². The first kappa shape index (κ1) is 12.2. The molecule has 0 bridgehead atoms. The standard InChI is InChI=1S/C14H16ClNO/c1-10(7-8-16)13-5-6-14(17-13)11-3-2-4-12(15)9-11/h2-6,9-10H,7-8,16H2,1H3. The molecule has 0 spiro atoms. The third kappa shape index (κ3) is 2.90. The fourth-order valence-electron chi connectivity index (χ4n) is 1.81. The molecule has 17 heavy (non-hydrogen) atoms. The molecule has 1 aromatic heterocycles. The van der Waals surface area contributed by atoms with Crippen LogP contribution in [0.2, 0.25) is 5.02 Å². The highest BCUT2D eigenvalue weighted by molar-refractivity contribution is 6.30. The number of furan rings is 1. The van der Waals surface area contributed by atoms with E-state index in [4.69, 9.17) is 21.8 Å². The van der Waals surface area contributed by atoms with Gasteiger partial charge < -0.3 is 10.2 Å². The van der Waals surface area contributed by atoms with E-state index in [-0.39, 0.29) is 0 Å². The molecule has 0 saturated carbocycles. The van der Waals surface area contributed by atoms with E-state index in [0.717, 1.165) is 28.5 Å². The molecule has 0 saturated heterocycles. The zero-order valence-corrected chi connectivity index (χ0v) is 10.6. The summed E-state index contributed by atoms with van der Waals surface area (Å²) in [6, 6.07) is 11.7. The molecule has 3 heteroatoms. The van der Waals surface area contributed by atoms with Gasteiger partial charge in [-0.05, 0) is 37.2 Å². The molecule has 0 aliphatic rings. The average molecular weight is 250 g/mol. The van der Waals surface area contributed by atoms with E-state index in [9.17, 15) is 0 Å². The summed E-state index contributed by atoms with van der Waals surface area (Å²) in [7, 11) is 0. The molecular formula is C14H16ClNO. The minimum atomic E-state index is 0.355. The van der Waals surface area contributed by atoms with Gasteiger partial charge in [-0.3, -0.25) is 0 Å². The number of benzene rings is 1. The van der Waals surface area contributed by atoms with Gasteiger partial charge in [0.25, 0.3) is 0 Å². The van der Waals surface area contributed by atoms with Crippen LogP contribution < -0.4 is 5.73 Å². The van der Waals surface area contributed by atoms with Crippen molar-refractivity contribution in [3.05, 3.63) is 47.2 Å². The van der Waals surface area contributed by atoms with Crippen LogP contribution in [0.4, 0.5) is 0 Å². The largest absolute Gasteiger partial charge is 0.461 e. The summed E-state index contributed by atoms with van der Waals surface area (Å²) in [5.41, 5.74) is 6.55. The monoisotopic (exact) mass is 249 g/mol. The second-order valence-corrected chi connectivity index (χ2v) is 4.63. The number of hydrogen-bond donors (Lipinski definition) is 1. The van der Waals surface area contributed by atoms with Crippen LogP contribution in [0.5, 0.6) is 0 Å². The quantitative estimate of drug-likeness (QED) is 0.888. The zero-order chi connectivity index (χ0) is 12.3. The summed E-state index contributed by atoms with van der Waals surface area (Å²) in [5, 5.41) is 0.718. The molecule has 0 aliphatic carbocycles. The average Bonchev–Trinajstić information content (AvgIpc) is 2.78. The predicted octanol–water partition coefficient (Wildman–Crippen LogP) is 4.05. The van der Waals surface area contributed by atoms with Crippen molar-refractivity contribution in [1.29, 1.82) is 0 Å². The molecule has 1 heterocycles. The lowest BCUT2D eigenvalue weighted by Gasteiger charge is -2.05. The van der Waals surface area contributed by atoms with Crippen molar-refractivity contribution in [2.45, 2.75) is 19.3 Å². The van der Waals surface area contributed by atoms with E-state index < -0.39 is 0 Å². The van der Waals surface area contributed by atoms with Crippen molar-refractivity contribution < 1.29 is 4.42 Å². The van der Waals surface area contributed by atoms with Crippen LogP contribution in [0.1, 0.15) is 25.0 Å². The van der Waals surface area contributed by atoms with Gasteiger partial charge in [0, 0.05) is 16.5 Å². The first-order chi connectivity index (χ1) is 8.20. The summed E-state index contributed by atoms with van der Waals surface area (Å²) in [4.78, 5) is 0. The molecule has 0 amide bonds. The van der Waals surface area contributed by atoms with Gasteiger partial charge in [0.1, 0.15) is 11.5 Å². The van der Waals surface area contributed by atoms with E-state index in [2.05, 4.69) is 6.92 Å². The predicted molar refractivity (Wildman–Crippen MR) is 71.2 cm³/mol. The Labute approximate surface area is 106 Å². The smallest absolute Gasteiger partial charge is 0.134 e. The molecular weight excluding hydrogens is 234 g/mol. The lowest BCUT2D eigenvalue weighted by molar-refractivity contribution is 0.474. The Balaban J connectivity index is 2.23. The normalized spacial score (nSPS) is 12.6. The fraction of sp³-hybridized carbons (Fsp3) is 0.286. The van der Waals surface area contributed by atoms with Gasteiger partial charge in [-0.25, -0.2) is 0 Å². The second kappa shape index (κ2) is 5.39. The molecule has 90 valence electrons. The highest BCUT2D eigenvalue weighted by Gasteiger charge is 2.10. The minimum absolute atomic E-state index is 0.355. The molecule has 0 aliphatic heterocycles. The van der Waals surface area contributed by atoms with Gasteiger partial charge in [0.15, 0.2) is 0 Å². The molecule has 2 rings (SSSR count). The Bertz CT molecular complexity index is 492. The van der Waals surface area contributed by atoms with Crippen LogP contribution >= 0.6 is 11.6 Å². The van der Waals surface area contributed by atoms with Crippen LogP contribution in [0.15, 0.2) is 40.8 Å². The van der Waals surface area contributed by atoms with Gasteiger partial charge in [0.2, 0.25) is 0 Å². The maximum Gasteiger partial charge on any atom is 0.134 e. The van der Waals surface area contributed by atoms with Gasteiger partial charge in [-0.1, -0.05) is 30.7 Å². The van der Waals surface area contributed by atoms with Crippen LogP contribution in [0, 0.1) is 0 Å². The number of rotatable bonds is 4. The Hall–Kier alpha value is -1.25. The third-order valence-electron chi connectivity index (χ3n) is 2.82. The maximum absolute atomic E-state index is 5.96. The van der Waals surface area contributed by atoms with E-state index in [0.29, 0.717) is 12.5 Å². The van der Waals surface area contributed by atoms with Crippen LogP contribution in [0.3, 0.4) is 0 Å². The van der Waals surface area contributed by atoms with E-state index in [1.165, 1.54) is 0 Å². The number of hydrogen-bond acceptors (Lipinski definition) is 2. The maximum atomic E-state index is 5.96. The van der Waals surface area contributed by atoms with Crippen molar-refractivity contribution >= 4 is 11.6 Å². The van der Waals surface area contributed by atoms with Crippen LogP contribution in [-0.4, -0.2) is 6.54 Å². The molecule has 1 unspecified atom stereocenters. The van der Waals surface area contributed by atoms with Crippen molar-refractivity contribution in [1.82, 2.24) is 0 Å². The topological polar surface area (TPSA) is 39.2 Å². The fourth-order valence-corrected chi connectivity index (χ4v) is 2.00. The summed E-state index contributed by atoms with van der Waals surface area (Å²) in [5.74, 6) is 2.18. The van der Waals surface area contributed by atoms with Gasteiger partial charge >= 0.3 is 0 Å². The van der Waals surface area contributed by atoms with Crippen molar-refractivity contribution in [3.8, 4) is 11.3 Å².